The summed E-state index contributed by atoms with van der Waals surface area (Å²) >= 11 is 6.03. The molecule has 0 aliphatic rings. The first-order valence-corrected chi connectivity index (χ1v) is 9.26. The summed E-state index contributed by atoms with van der Waals surface area (Å²) in [7, 11) is -1.58. The van der Waals surface area contributed by atoms with Gasteiger partial charge in [-0.2, -0.15) is 0 Å². The first kappa shape index (κ1) is 16.0. The summed E-state index contributed by atoms with van der Waals surface area (Å²) in [6.07, 6.45) is 7.80. The summed E-state index contributed by atoms with van der Waals surface area (Å²) in [5.41, 5.74) is 0. The Kier molecular flexibility index (Phi) is 6.70. The second-order valence-corrected chi connectivity index (χ2v) is 11.2. The first-order chi connectivity index (χ1) is 7.20. The predicted molar refractivity (Wildman–Crippen MR) is 75.5 cm³/mol. The van der Waals surface area contributed by atoms with Crippen LogP contribution in [-0.2, 0) is 4.43 Å². The minimum Gasteiger partial charge on any atom is -0.417 e. The highest BCUT2D eigenvalue weighted by Crippen LogP contribution is 2.36. The van der Waals surface area contributed by atoms with Gasteiger partial charge in [-0.3, -0.25) is 0 Å². The molecule has 0 aromatic heterocycles. The summed E-state index contributed by atoms with van der Waals surface area (Å²) in [5.74, 6) is 2.58. The quantitative estimate of drug-likeness (QED) is 0.297. The van der Waals surface area contributed by atoms with E-state index in [0.29, 0.717) is 6.42 Å². The number of hydrogen-bond acceptors (Lipinski definition) is 1. The van der Waals surface area contributed by atoms with Gasteiger partial charge in [0.05, 0.1) is 0 Å². The van der Waals surface area contributed by atoms with Crippen molar-refractivity contribution in [1.82, 2.24) is 0 Å². The molecule has 0 aliphatic heterocycles. The Morgan fingerprint density at radius 1 is 1.38 bits per heavy atom. The van der Waals surface area contributed by atoms with E-state index in [1.807, 2.05) is 0 Å². The van der Waals surface area contributed by atoms with Crippen molar-refractivity contribution in [1.29, 1.82) is 0 Å². The van der Waals surface area contributed by atoms with Gasteiger partial charge in [0.2, 0.25) is 0 Å². The summed E-state index contributed by atoms with van der Waals surface area (Å²) in [6.45, 7) is 12.1. The normalized spacial score (nSPS) is 14.6. The average Bonchev–Trinajstić information content (AvgIpc) is 2.11. The van der Waals surface area contributed by atoms with Crippen molar-refractivity contribution < 1.29 is 4.43 Å². The van der Waals surface area contributed by atoms with Gasteiger partial charge in [-0.15, -0.1) is 23.9 Å². The Balaban J connectivity index is 3.79. The van der Waals surface area contributed by atoms with Crippen LogP contribution in [0.15, 0.2) is 0 Å². The molecule has 0 aromatic rings. The van der Waals surface area contributed by atoms with Crippen LogP contribution >= 0.6 is 11.6 Å². The van der Waals surface area contributed by atoms with Crippen LogP contribution in [0, 0.1) is 12.3 Å². The van der Waals surface area contributed by atoms with E-state index >= 15 is 0 Å². The molecular weight excluding hydrogens is 236 g/mol. The fourth-order valence-electron chi connectivity index (χ4n) is 1.08. The molecule has 0 amide bonds. The topological polar surface area (TPSA) is 9.23 Å². The lowest BCUT2D eigenvalue weighted by atomic mass is 10.2. The number of hydrogen-bond donors (Lipinski definition) is 0. The van der Waals surface area contributed by atoms with E-state index in [2.05, 4.69) is 39.8 Å². The van der Waals surface area contributed by atoms with Gasteiger partial charge in [0.15, 0.2) is 8.32 Å². The number of rotatable bonds is 6. The molecule has 16 heavy (non-hydrogen) atoms. The van der Waals surface area contributed by atoms with Gasteiger partial charge >= 0.3 is 0 Å². The van der Waals surface area contributed by atoms with Gasteiger partial charge in [0.1, 0.15) is 0 Å². The molecule has 0 radical (unpaired) electrons. The Bertz CT molecular complexity index is 237. The van der Waals surface area contributed by atoms with Crippen LogP contribution in [-0.4, -0.2) is 20.3 Å². The smallest absolute Gasteiger partial charge is 0.191 e. The van der Waals surface area contributed by atoms with E-state index in [1.54, 1.807) is 0 Å². The Morgan fingerprint density at radius 3 is 2.38 bits per heavy atom. The molecule has 94 valence electrons. The Hall–Kier alpha value is 0.0269. The maximum atomic E-state index is 6.05. The molecule has 3 heteroatoms. The van der Waals surface area contributed by atoms with E-state index < -0.39 is 8.32 Å². The minimum atomic E-state index is -1.58. The van der Waals surface area contributed by atoms with E-state index in [-0.39, 0.29) is 10.4 Å². The van der Waals surface area contributed by atoms with Crippen molar-refractivity contribution in [2.24, 2.45) is 0 Å². The molecule has 0 aromatic carbocycles. The number of alkyl halides is 1. The van der Waals surface area contributed by atoms with Crippen molar-refractivity contribution in [2.75, 3.05) is 6.61 Å². The number of terminal acetylenes is 1. The predicted octanol–water partition coefficient (Wildman–Crippen LogP) is 4.42. The van der Waals surface area contributed by atoms with Gasteiger partial charge in [-0.25, -0.2) is 0 Å². The van der Waals surface area contributed by atoms with Crippen LogP contribution < -0.4 is 0 Å². The molecule has 0 saturated carbocycles. The third kappa shape index (κ3) is 5.93. The van der Waals surface area contributed by atoms with Crippen LogP contribution in [0.4, 0.5) is 0 Å². The zero-order valence-corrected chi connectivity index (χ0v) is 13.0. The molecular formula is C13H25ClOSi. The second kappa shape index (κ2) is 6.69. The zero-order chi connectivity index (χ0) is 12.8. The van der Waals surface area contributed by atoms with Crippen LogP contribution in [0.25, 0.3) is 0 Å². The Morgan fingerprint density at radius 2 is 1.94 bits per heavy atom. The molecule has 0 bridgehead atoms. The SMILES string of the molecule is C#CCC(Cl)CCCO[Si](C)(C)C(C)(C)C. The highest BCUT2D eigenvalue weighted by molar-refractivity contribution is 6.74. The molecule has 0 N–H and O–H groups in total. The summed E-state index contributed by atoms with van der Waals surface area (Å²) in [6, 6.07) is 0. The average molecular weight is 261 g/mol. The lowest BCUT2D eigenvalue weighted by molar-refractivity contribution is 0.278. The molecule has 1 nitrogen and oxygen atoms in total. The lowest BCUT2D eigenvalue weighted by Crippen LogP contribution is -2.41. The maximum absolute atomic E-state index is 6.05. The van der Waals surface area contributed by atoms with Gasteiger partial charge in [0, 0.05) is 18.4 Å². The largest absolute Gasteiger partial charge is 0.417 e. The lowest BCUT2D eigenvalue weighted by Gasteiger charge is -2.36. The van der Waals surface area contributed by atoms with Crippen LogP contribution in [0.2, 0.25) is 18.1 Å². The highest BCUT2D eigenvalue weighted by atomic mass is 35.5. The van der Waals surface area contributed by atoms with E-state index in [4.69, 9.17) is 22.5 Å². The Labute approximate surface area is 107 Å². The van der Waals surface area contributed by atoms with Crippen molar-refractivity contribution in [3.63, 3.8) is 0 Å². The van der Waals surface area contributed by atoms with Gasteiger partial charge in [-0.1, -0.05) is 20.8 Å². The molecule has 0 aliphatic carbocycles. The zero-order valence-electron chi connectivity index (χ0n) is 11.3. The van der Waals surface area contributed by atoms with Gasteiger partial charge < -0.3 is 4.43 Å². The monoisotopic (exact) mass is 260 g/mol. The van der Waals surface area contributed by atoms with Crippen LogP contribution in [0.3, 0.4) is 0 Å². The number of halogens is 1. The van der Waals surface area contributed by atoms with Crippen molar-refractivity contribution >= 4 is 19.9 Å². The minimum absolute atomic E-state index is 0.105. The second-order valence-electron chi connectivity index (χ2n) is 5.76. The summed E-state index contributed by atoms with van der Waals surface area (Å²) in [5, 5.41) is 0.389. The third-order valence-electron chi connectivity index (χ3n) is 3.27. The standard InChI is InChI=1S/C13H25ClOSi/c1-7-9-12(14)10-8-11-15-16(5,6)13(2,3)4/h1,12H,8-11H2,2-6H3. The molecule has 1 atom stereocenters. The first-order valence-electron chi connectivity index (χ1n) is 5.92. The molecule has 0 rings (SSSR count). The third-order valence-corrected chi connectivity index (χ3v) is 8.18. The summed E-state index contributed by atoms with van der Waals surface area (Å²) in [4.78, 5) is 0. The fraction of sp³-hybridized carbons (Fsp3) is 0.846. The van der Waals surface area contributed by atoms with E-state index in [9.17, 15) is 0 Å². The highest BCUT2D eigenvalue weighted by Gasteiger charge is 2.36. The van der Waals surface area contributed by atoms with Gasteiger partial charge in [0.25, 0.3) is 0 Å². The molecule has 0 spiro atoms. The van der Waals surface area contributed by atoms with E-state index in [0.717, 1.165) is 19.4 Å². The van der Waals surface area contributed by atoms with Gasteiger partial charge in [-0.05, 0) is 31.0 Å². The fourth-order valence-corrected chi connectivity index (χ4v) is 2.41. The van der Waals surface area contributed by atoms with Crippen molar-refractivity contribution in [2.45, 2.75) is 63.5 Å². The molecule has 1 unspecified atom stereocenters. The maximum Gasteiger partial charge on any atom is 0.191 e. The summed E-state index contributed by atoms with van der Waals surface area (Å²) < 4.78 is 6.05. The molecule has 0 heterocycles. The van der Waals surface area contributed by atoms with Crippen LogP contribution in [0.5, 0.6) is 0 Å². The van der Waals surface area contributed by atoms with Crippen molar-refractivity contribution in [3.8, 4) is 12.3 Å². The van der Waals surface area contributed by atoms with E-state index in [1.165, 1.54) is 0 Å². The molecule has 0 fully saturated rings. The molecule has 0 saturated heterocycles. The van der Waals surface area contributed by atoms with Crippen LogP contribution in [0.1, 0.15) is 40.0 Å². The van der Waals surface area contributed by atoms with Crippen molar-refractivity contribution in [3.05, 3.63) is 0 Å².